The van der Waals surface area contributed by atoms with Gasteiger partial charge in [-0.1, -0.05) is 0 Å². The number of imidazole rings is 1. The number of nitrogens with zero attached hydrogens (tertiary/aromatic N) is 3. The van der Waals surface area contributed by atoms with E-state index in [1.54, 1.807) is 18.0 Å². The summed E-state index contributed by atoms with van der Waals surface area (Å²) in [5.41, 5.74) is 5.53. The predicted octanol–water partition coefficient (Wildman–Crippen LogP) is 3.20. The minimum atomic E-state index is -0.139. The van der Waals surface area contributed by atoms with Gasteiger partial charge in [-0.2, -0.15) is 0 Å². The lowest BCUT2D eigenvalue weighted by atomic mass is 10.2. The van der Waals surface area contributed by atoms with Gasteiger partial charge in [0.2, 0.25) is 0 Å². The Labute approximate surface area is 126 Å². The fraction of sp³-hybridized carbons (Fsp3) is 0.133. The second-order valence-electron chi connectivity index (χ2n) is 4.65. The van der Waals surface area contributed by atoms with E-state index in [9.17, 15) is 4.79 Å². The van der Waals surface area contributed by atoms with E-state index in [0.717, 1.165) is 22.8 Å². The van der Waals surface area contributed by atoms with E-state index >= 15 is 0 Å². The number of aromatic nitrogens is 3. The standard InChI is InChI=1S/C15H14N4OS/c1-10-11(2)19(8-17-10)13-5-3-12(4-6-13)18-15(20)14-7-16-9-21-14/h3-9H,1-2H3,(H,18,20). The summed E-state index contributed by atoms with van der Waals surface area (Å²) in [6.07, 6.45) is 3.36. The summed E-state index contributed by atoms with van der Waals surface area (Å²) >= 11 is 1.32. The molecule has 6 heteroatoms. The maximum Gasteiger partial charge on any atom is 0.267 e. The first-order chi connectivity index (χ1) is 10.1. The Hall–Kier alpha value is -2.47. The van der Waals surface area contributed by atoms with E-state index < -0.39 is 0 Å². The first-order valence-corrected chi connectivity index (χ1v) is 7.34. The third kappa shape index (κ3) is 2.71. The highest BCUT2D eigenvalue weighted by molar-refractivity contribution is 7.11. The van der Waals surface area contributed by atoms with E-state index in [4.69, 9.17) is 0 Å². The molecule has 1 amide bonds. The average Bonchev–Trinajstić information content (AvgIpc) is 3.12. The monoisotopic (exact) mass is 298 g/mol. The zero-order valence-corrected chi connectivity index (χ0v) is 12.5. The topological polar surface area (TPSA) is 59.8 Å². The number of benzene rings is 1. The minimum Gasteiger partial charge on any atom is -0.321 e. The number of nitrogens with one attached hydrogen (secondary N) is 1. The molecule has 2 aromatic heterocycles. The summed E-state index contributed by atoms with van der Waals surface area (Å²) in [6, 6.07) is 7.67. The van der Waals surface area contributed by atoms with Crippen molar-refractivity contribution in [3.05, 3.63) is 58.6 Å². The number of aryl methyl sites for hydroxylation is 1. The average molecular weight is 298 g/mol. The molecule has 0 unspecified atom stereocenters. The molecule has 106 valence electrons. The molecule has 3 rings (SSSR count). The van der Waals surface area contributed by atoms with Crippen molar-refractivity contribution >= 4 is 22.9 Å². The molecular formula is C15H14N4OS. The molecule has 5 nitrogen and oxygen atoms in total. The molecule has 0 atom stereocenters. The van der Waals surface area contributed by atoms with Gasteiger partial charge in [0.15, 0.2) is 0 Å². The summed E-state index contributed by atoms with van der Waals surface area (Å²) in [7, 11) is 0. The first kappa shape index (κ1) is 13.5. The van der Waals surface area contributed by atoms with Gasteiger partial charge in [0.25, 0.3) is 5.91 Å². The van der Waals surface area contributed by atoms with Crippen LogP contribution in [0.3, 0.4) is 0 Å². The smallest absolute Gasteiger partial charge is 0.267 e. The van der Waals surface area contributed by atoms with Crippen LogP contribution in [0.1, 0.15) is 21.1 Å². The van der Waals surface area contributed by atoms with E-state index in [1.165, 1.54) is 11.3 Å². The van der Waals surface area contributed by atoms with Gasteiger partial charge >= 0.3 is 0 Å². The van der Waals surface area contributed by atoms with Gasteiger partial charge in [0, 0.05) is 17.1 Å². The van der Waals surface area contributed by atoms with E-state index in [2.05, 4.69) is 15.3 Å². The number of carbonyl (C=O) groups is 1. The largest absolute Gasteiger partial charge is 0.321 e. The molecule has 1 aromatic carbocycles. The highest BCUT2D eigenvalue weighted by Crippen LogP contribution is 2.17. The van der Waals surface area contributed by atoms with Crippen LogP contribution < -0.4 is 5.32 Å². The van der Waals surface area contributed by atoms with E-state index in [1.807, 2.05) is 42.7 Å². The van der Waals surface area contributed by atoms with Crippen LogP contribution in [-0.4, -0.2) is 20.4 Å². The maximum atomic E-state index is 11.9. The molecule has 21 heavy (non-hydrogen) atoms. The Morgan fingerprint density at radius 1 is 1.24 bits per heavy atom. The third-order valence-corrected chi connectivity index (χ3v) is 4.08. The molecule has 0 aliphatic heterocycles. The lowest BCUT2D eigenvalue weighted by Crippen LogP contribution is -2.10. The molecule has 3 aromatic rings. The zero-order valence-electron chi connectivity index (χ0n) is 11.7. The van der Waals surface area contributed by atoms with Crippen molar-refractivity contribution in [3.63, 3.8) is 0 Å². The first-order valence-electron chi connectivity index (χ1n) is 6.46. The van der Waals surface area contributed by atoms with E-state index in [-0.39, 0.29) is 5.91 Å². The Kier molecular flexibility index (Phi) is 3.53. The van der Waals surface area contributed by atoms with Crippen LogP contribution in [0.2, 0.25) is 0 Å². The lowest BCUT2D eigenvalue weighted by Gasteiger charge is -2.08. The fourth-order valence-electron chi connectivity index (χ4n) is 1.98. The van der Waals surface area contributed by atoms with Crippen molar-refractivity contribution in [2.45, 2.75) is 13.8 Å². The summed E-state index contributed by atoms with van der Waals surface area (Å²) in [4.78, 5) is 20.7. The highest BCUT2D eigenvalue weighted by atomic mass is 32.1. The van der Waals surface area contributed by atoms with Gasteiger partial charge in [-0.05, 0) is 38.1 Å². The van der Waals surface area contributed by atoms with Crippen LogP contribution in [-0.2, 0) is 0 Å². The van der Waals surface area contributed by atoms with Crippen LogP contribution in [0.15, 0.2) is 42.3 Å². The van der Waals surface area contributed by atoms with Crippen LogP contribution >= 0.6 is 11.3 Å². The molecule has 1 N–H and O–H groups in total. The quantitative estimate of drug-likeness (QED) is 0.807. The molecule has 2 heterocycles. The van der Waals surface area contributed by atoms with Gasteiger partial charge in [-0.25, -0.2) is 4.98 Å². The number of hydrogen-bond donors (Lipinski definition) is 1. The second kappa shape index (κ2) is 5.49. The SMILES string of the molecule is Cc1ncn(-c2ccc(NC(=O)c3cncs3)cc2)c1C. The normalized spacial score (nSPS) is 10.6. The molecule has 0 aliphatic rings. The van der Waals surface area contributed by atoms with E-state index in [0.29, 0.717) is 4.88 Å². The summed E-state index contributed by atoms with van der Waals surface area (Å²) in [5, 5.41) is 2.85. The summed E-state index contributed by atoms with van der Waals surface area (Å²) < 4.78 is 2.02. The van der Waals surface area contributed by atoms with Crippen molar-refractivity contribution in [2.24, 2.45) is 0 Å². The van der Waals surface area contributed by atoms with Crippen molar-refractivity contribution in [1.29, 1.82) is 0 Å². The number of rotatable bonds is 3. The van der Waals surface area contributed by atoms with Gasteiger partial charge in [-0.3, -0.25) is 9.78 Å². The van der Waals surface area contributed by atoms with Crippen molar-refractivity contribution in [3.8, 4) is 5.69 Å². The predicted molar refractivity (Wildman–Crippen MR) is 83.1 cm³/mol. The van der Waals surface area contributed by atoms with Crippen molar-refractivity contribution in [2.75, 3.05) is 5.32 Å². The van der Waals surface area contributed by atoms with Crippen molar-refractivity contribution in [1.82, 2.24) is 14.5 Å². The molecule has 0 radical (unpaired) electrons. The van der Waals surface area contributed by atoms with Gasteiger partial charge in [-0.15, -0.1) is 11.3 Å². The number of thiazole rings is 1. The second-order valence-corrected chi connectivity index (χ2v) is 5.54. The minimum absolute atomic E-state index is 0.139. The Balaban J connectivity index is 1.78. The van der Waals surface area contributed by atoms with Gasteiger partial charge in [0.1, 0.15) is 4.88 Å². The summed E-state index contributed by atoms with van der Waals surface area (Å²) in [6.45, 7) is 4.01. The van der Waals surface area contributed by atoms with Gasteiger partial charge in [0.05, 0.1) is 23.7 Å². The molecule has 0 spiro atoms. The maximum absolute atomic E-state index is 11.9. The molecule has 0 bridgehead atoms. The Bertz CT molecular complexity index is 760. The molecule has 0 fully saturated rings. The van der Waals surface area contributed by atoms with Crippen LogP contribution in [0.25, 0.3) is 5.69 Å². The number of anilines is 1. The van der Waals surface area contributed by atoms with Crippen LogP contribution in [0, 0.1) is 13.8 Å². The highest BCUT2D eigenvalue weighted by Gasteiger charge is 2.08. The molecule has 0 saturated carbocycles. The number of amides is 1. The zero-order chi connectivity index (χ0) is 14.8. The fourth-order valence-corrected chi connectivity index (χ4v) is 2.50. The summed E-state index contributed by atoms with van der Waals surface area (Å²) in [5.74, 6) is -0.139. The van der Waals surface area contributed by atoms with Crippen LogP contribution in [0.5, 0.6) is 0 Å². The van der Waals surface area contributed by atoms with Crippen LogP contribution in [0.4, 0.5) is 5.69 Å². The Morgan fingerprint density at radius 2 is 2.00 bits per heavy atom. The number of carbonyl (C=O) groups excluding carboxylic acids is 1. The molecule has 0 aliphatic carbocycles. The number of hydrogen-bond acceptors (Lipinski definition) is 4. The lowest BCUT2D eigenvalue weighted by molar-refractivity contribution is 0.103. The van der Waals surface area contributed by atoms with Gasteiger partial charge < -0.3 is 9.88 Å². The molecular weight excluding hydrogens is 284 g/mol. The third-order valence-electron chi connectivity index (χ3n) is 3.31. The molecule has 0 saturated heterocycles. The Morgan fingerprint density at radius 3 is 2.57 bits per heavy atom. The van der Waals surface area contributed by atoms with Crippen molar-refractivity contribution < 1.29 is 4.79 Å².